The van der Waals surface area contributed by atoms with Gasteiger partial charge in [0.2, 0.25) is 11.8 Å². The van der Waals surface area contributed by atoms with Gasteiger partial charge in [-0.1, -0.05) is 18.2 Å². The van der Waals surface area contributed by atoms with E-state index in [0.29, 0.717) is 11.3 Å². The summed E-state index contributed by atoms with van der Waals surface area (Å²) in [6.07, 6.45) is -4.59. The summed E-state index contributed by atoms with van der Waals surface area (Å²) < 4.78 is 50.8. The molecule has 0 saturated carbocycles. The smallest absolute Gasteiger partial charge is 0.416 e. The maximum Gasteiger partial charge on any atom is 0.416 e. The molecule has 1 unspecified atom stereocenters. The second-order valence-electron chi connectivity index (χ2n) is 5.36. The molecular weight excluding hydrogens is 337 g/mol. The Morgan fingerprint density at radius 2 is 2.12 bits per heavy atom. The number of aromatic nitrogens is 2. The summed E-state index contributed by atoms with van der Waals surface area (Å²) >= 11 is 0. The summed E-state index contributed by atoms with van der Waals surface area (Å²) in [5, 5.41) is 16.1. The number of methoxy groups -OCH3 is 1. The van der Waals surface area contributed by atoms with Crippen LogP contribution in [0.2, 0.25) is 0 Å². The zero-order chi connectivity index (χ0) is 18.2. The summed E-state index contributed by atoms with van der Waals surface area (Å²) in [7, 11) is 1.44. The summed E-state index contributed by atoms with van der Waals surface area (Å²) in [4.78, 5) is 0. The second-order valence-corrected chi connectivity index (χ2v) is 5.36. The topological polar surface area (TPSA) is 97.0 Å². The molecule has 0 bridgehead atoms. The Labute approximate surface area is 140 Å². The van der Waals surface area contributed by atoms with Crippen LogP contribution in [0.25, 0.3) is 0 Å². The van der Waals surface area contributed by atoms with E-state index in [1.807, 2.05) is 6.07 Å². The Morgan fingerprint density at radius 1 is 1.40 bits per heavy atom. The zero-order valence-electron chi connectivity index (χ0n) is 13.0. The number of aromatic amines is 1. The molecule has 130 valence electrons. The molecule has 0 spiro atoms. The molecule has 0 aliphatic carbocycles. The van der Waals surface area contributed by atoms with Gasteiger partial charge in [-0.05, 0) is 11.6 Å². The second kappa shape index (κ2) is 6.14. The van der Waals surface area contributed by atoms with Crippen LogP contribution in [0, 0.1) is 11.3 Å². The minimum atomic E-state index is -4.59. The number of allylic oxidation sites excluding steroid dienone is 1. The molecule has 25 heavy (non-hydrogen) atoms. The van der Waals surface area contributed by atoms with Crippen LogP contribution < -0.4 is 10.5 Å². The van der Waals surface area contributed by atoms with Gasteiger partial charge >= 0.3 is 6.18 Å². The van der Waals surface area contributed by atoms with Gasteiger partial charge in [-0.3, -0.25) is 5.10 Å². The van der Waals surface area contributed by atoms with Crippen molar-refractivity contribution in [2.45, 2.75) is 18.7 Å². The number of nitrogens with zero attached hydrogens (tertiary/aromatic N) is 2. The van der Waals surface area contributed by atoms with E-state index in [1.54, 1.807) is 0 Å². The standard InChI is InChI=1S/C16H13F3N4O2/c1-24-7-11-13-12(8-4-2-3-5-10(8)16(17,18)19)9(6-20)14(21)25-15(13)23-22-11/h2-5,12H,7,21H2,1H3,(H,22,23). The van der Waals surface area contributed by atoms with Gasteiger partial charge in [0.1, 0.15) is 11.6 Å². The molecule has 0 saturated heterocycles. The van der Waals surface area contributed by atoms with Crippen molar-refractivity contribution >= 4 is 0 Å². The highest BCUT2D eigenvalue weighted by Gasteiger charge is 2.41. The fourth-order valence-corrected chi connectivity index (χ4v) is 2.88. The fourth-order valence-electron chi connectivity index (χ4n) is 2.88. The number of hydrogen-bond acceptors (Lipinski definition) is 5. The largest absolute Gasteiger partial charge is 0.420 e. The van der Waals surface area contributed by atoms with Crippen molar-refractivity contribution in [2.75, 3.05) is 7.11 Å². The fraction of sp³-hybridized carbons (Fsp3) is 0.250. The van der Waals surface area contributed by atoms with E-state index in [9.17, 15) is 18.4 Å². The highest BCUT2D eigenvalue weighted by atomic mass is 19.4. The van der Waals surface area contributed by atoms with Gasteiger partial charge in [-0.2, -0.15) is 18.4 Å². The van der Waals surface area contributed by atoms with Gasteiger partial charge in [-0.15, -0.1) is 5.10 Å². The van der Waals surface area contributed by atoms with E-state index in [4.69, 9.17) is 15.2 Å². The van der Waals surface area contributed by atoms with Crippen LogP contribution in [0.3, 0.4) is 0 Å². The van der Waals surface area contributed by atoms with E-state index in [1.165, 1.54) is 25.3 Å². The molecule has 1 atom stereocenters. The van der Waals surface area contributed by atoms with Crippen molar-refractivity contribution in [1.29, 1.82) is 5.26 Å². The molecule has 1 aromatic carbocycles. The Kier molecular flexibility index (Phi) is 4.14. The Morgan fingerprint density at radius 3 is 2.76 bits per heavy atom. The molecule has 2 heterocycles. The first-order chi connectivity index (χ1) is 11.9. The molecule has 3 N–H and O–H groups in total. The van der Waals surface area contributed by atoms with E-state index in [2.05, 4.69) is 10.2 Å². The molecule has 1 aliphatic heterocycles. The molecule has 0 radical (unpaired) electrons. The number of benzene rings is 1. The summed E-state index contributed by atoms with van der Waals surface area (Å²) in [5.74, 6) is -1.30. The molecule has 1 aromatic heterocycles. The number of fused-ring (bicyclic) bond motifs is 1. The lowest BCUT2D eigenvalue weighted by Gasteiger charge is -2.26. The lowest BCUT2D eigenvalue weighted by atomic mass is 9.81. The highest BCUT2D eigenvalue weighted by Crippen LogP contribution is 2.46. The van der Waals surface area contributed by atoms with Crippen LogP contribution in [0.15, 0.2) is 35.7 Å². The summed E-state index contributed by atoms with van der Waals surface area (Å²) in [5.41, 5.74) is 5.41. The van der Waals surface area contributed by atoms with Crippen molar-refractivity contribution < 1.29 is 22.6 Å². The molecule has 9 heteroatoms. The van der Waals surface area contributed by atoms with Gasteiger partial charge in [0.15, 0.2) is 0 Å². The first-order valence-electron chi connectivity index (χ1n) is 7.18. The van der Waals surface area contributed by atoms with Gasteiger partial charge in [0.05, 0.1) is 29.3 Å². The average Bonchev–Trinajstić information content (AvgIpc) is 2.95. The lowest BCUT2D eigenvalue weighted by molar-refractivity contribution is -0.138. The average molecular weight is 350 g/mol. The van der Waals surface area contributed by atoms with Crippen molar-refractivity contribution in [3.05, 3.63) is 58.1 Å². The van der Waals surface area contributed by atoms with Crippen LogP contribution in [0.5, 0.6) is 5.88 Å². The third kappa shape index (κ3) is 2.81. The molecule has 0 amide bonds. The maximum atomic E-state index is 13.5. The number of rotatable bonds is 3. The number of H-pyrrole nitrogens is 1. The van der Waals surface area contributed by atoms with Crippen LogP contribution in [0.1, 0.15) is 28.3 Å². The van der Waals surface area contributed by atoms with Crippen LogP contribution in [-0.2, 0) is 17.5 Å². The number of nitriles is 1. The molecule has 2 aromatic rings. The lowest BCUT2D eigenvalue weighted by Crippen LogP contribution is -2.23. The molecule has 6 nitrogen and oxygen atoms in total. The molecule has 0 fully saturated rings. The third-order valence-corrected chi connectivity index (χ3v) is 3.88. The SMILES string of the molecule is COCc1[nH]nc2c1C(c1ccccc1C(F)(F)F)C(C#N)=C(N)O2. The summed E-state index contributed by atoms with van der Waals surface area (Å²) in [6, 6.07) is 6.90. The molecule has 1 aliphatic rings. The first kappa shape index (κ1) is 16.9. The number of hydrogen-bond donors (Lipinski definition) is 2. The third-order valence-electron chi connectivity index (χ3n) is 3.88. The number of ether oxygens (including phenoxy) is 2. The van der Waals surface area contributed by atoms with Crippen molar-refractivity contribution in [2.24, 2.45) is 5.73 Å². The van der Waals surface area contributed by atoms with Crippen LogP contribution >= 0.6 is 0 Å². The molecule has 3 rings (SSSR count). The van der Waals surface area contributed by atoms with Crippen molar-refractivity contribution in [1.82, 2.24) is 10.2 Å². The van der Waals surface area contributed by atoms with Crippen LogP contribution in [0.4, 0.5) is 13.2 Å². The predicted octanol–water partition coefficient (Wildman–Crippen LogP) is 2.79. The number of nitrogens with one attached hydrogen (secondary N) is 1. The van der Waals surface area contributed by atoms with Crippen molar-refractivity contribution in [3.63, 3.8) is 0 Å². The minimum absolute atomic E-state index is 0.0329. The van der Waals surface area contributed by atoms with Gasteiger partial charge in [0.25, 0.3) is 0 Å². The Hall–Kier alpha value is -2.99. The van der Waals surface area contributed by atoms with Gasteiger partial charge in [-0.25, -0.2) is 0 Å². The molecular formula is C16H13F3N4O2. The first-order valence-corrected chi connectivity index (χ1v) is 7.18. The monoisotopic (exact) mass is 350 g/mol. The maximum absolute atomic E-state index is 13.5. The van der Waals surface area contributed by atoms with E-state index in [0.717, 1.165) is 6.07 Å². The number of nitrogens with two attached hydrogens (primary N) is 1. The number of alkyl halides is 3. The Balaban J connectivity index is 2.28. The predicted molar refractivity (Wildman–Crippen MR) is 80.0 cm³/mol. The minimum Gasteiger partial charge on any atom is -0.420 e. The normalized spacial score (nSPS) is 17.0. The zero-order valence-corrected chi connectivity index (χ0v) is 13.0. The number of halogens is 3. The van der Waals surface area contributed by atoms with Crippen LogP contribution in [-0.4, -0.2) is 17.3 Å². The summed E-state index contributed by atoms with van der Waals surface area (Å²) in [6.45, 7) is 0.0645. The van der Waals surface area contributed by atoms with E-state index < -0.39 is 17.7 Å². The van der Waals surface area contributed by atoms with Gasteiger partial charge < -0.3 is 15.2 Å². The van der Waals surface area contributed by atoms with E-state index in [-0.39, 0.29) is 29.5 Å². The van der Waals surface area contributed by atoms with E-state index >= 15 is 0 Å². The van der Waals surface area contributed by atoms with Gasteiger partial charge in [0, 0.05) is 7.11 Å². The highest BCUT2D eigenvalue weighted by molar-refractivity contribution is 5.57. The Bertz CT molecular complexity index is 880. The van der Waals surface area contributed by atoms with Crippen molar-refractivity contribution in [3.8, 4) is 11.9 Å². The quantitative estimate of drug-likeness (QED) is 0.887.